The average Bonchev–Trinajstić information content (AvgIpc) is 2.65. The second-order valence-corrected chi connectivity index (χ2v) is 8.49. The topological polar surface area (TPSA) is 60.0 Å². The maximum atomic E-state index is 11.9. The van der Waals surface area contributed by atoms with Crippen molar-refractivity contribution < 1.29 is 4.79 Å². The van der Waals surface area contributed by atoms with Gasteiger partial charge >= 0.3 is 0 Å². The number of nitrogens with zero attached hydrogens (tertiary/aromatic N) is 3. The largest absolute Gasteiger partial charge is 0.356 e. The van der Waals surface area contributed by atoms with Crippen LogP contribution in [0.5, 0.6) is 0 Å². The van der Waals surface area contributed by atoms with E-state index in [4.69, 9.17) is 0 Å². The fraction of sp³-hybridized carbons (Fsp3) is 0.810. The average molecular weight is 378 g/mol. The molecule has 1 aliphatic carbocycles. The van der Waals surface area contributed by atoms with Crippen LogP contribution in [0.1, 0.15) is 51.9 Å². The number of likely N-dealkylation sites (N-methyl/N-ethyl adjacent to an activating group) is 1. The first-order valence-electron chi connectivity index (χ1n) is 10.6. The van der Waals surface area contributed by atoms with Gasteiger partial charge in [-0.25, -0.2) is 4.99 Å². The Balaban J connectivity index is 1.86. The van der Waals surface area contributed by atoms with E-state index in [0.29, 0.717) is 6.04 Å². The number of aliphatic imine (C=N–C) groups is 1. The lowest BCUT2D eigenvalue weighted by Gasteiger charge is -2.33. The third-order valence-electron chi connectivity index (χ3n) is 5.58. The SMILES string of the molecule is C=C(C)CN1CCC(NC(=NCC(=O)N(C)C)NCC2CCCCC2)CC1. The minimum absolute atomic E-state index is 0.0324. The molecule has 2 rings (SSSR count). The van der Waals surface area contributed by atoms with Crippen LogP contribution < -0.4 is 10.6 Å². The van der Waals surface area contributed by atoms with E-state index >= 15 is 0 Å². The molecule has 6 heteroatoms. The van der Waals surface area contributed by atoms with Gasteiger partial charge in [0.2, 0.25) is 5.91 Å². The zero-order valence-electron chi connectivity index (χ0n) is 17.6. The summed E-state index contributed by atoms with van der Waals surface area (Å²) in [6.07, 6.45) is 8.85. The highest BCUT2D eigenvalue weighted by atomic mass is 16.2. The van der Waals surface area contributed by atoms with E-state index in [1.165, 1.54) is 37.7 Å². The van der Waals surface area contributed by atoms with Crippen LogP contribution in [-0.4, -0.2) is 74.5 Å². The number of hydrogen-bond donors (Lipinski definition) is 2. The Morgan fingerprint density at radius 2 is 1.81 bits per heavy atom. The first-order chi connectivity index (χ1) is 12.9. The number of guanidine groups is 1. The summed E-state index contributed by atoms with van der Waals surface area (Å²) in [5, 5.41) is 7.10. The molecule has 1 saturated carbocycles. The quantitative estimate of drug-likeness (QED) is 0.406. The van der Waals surface area contributed by atoms with Gasteiger partial charge in [0.15, 0.2) is 5.96 Å². The van der Waals surface area contributed by atoms with Crippen molar-refractivity contribution >= 4 is 11.9 Å². The summed E-state index contributed by atoms with van der Waals surface area (Å²) in [5.41, 5.74) is 1.22. The summed E-state index contributed by atoms with van der Waals surface area (Å²) in [6, 6.07) is 0.415. The Hall–Kier alpha value is -1.56. The van der Waals surface area contributed by atoms with Crippen LogP contribution in [-0.2, 0) is 4.79 Å². The van der Waals surface area contributed by atoms with Crippen LogP contribution >= 0.6 is 0 Å². The van der Waals surface area contributed by atoms with E-state index < -0.39 is 0 Å². The highest BCUT2D eigenvalue weighted by Crippen LogP contribution is 2.22. The van der Waals surface area contributed by atoms with Crippen molar-refractivity contribution in [3.05, 3.63) is 12.2 Å². The summed E-state index contributed by atoms with van der Waals surface area (Å²) in [6.45, 7) is 10.4. The first-order valence-corrected chi connectivity index (χ1v) is 10.6. The van der Waals surface area contributed by atoms with Gasteiger partial charge in [-0.15, -0.1) is 0 Å². The van der Waals surface area contributed by atoms with Gasteiger partial charge < -0.3 is 15.5 Å². The lowest BCUT2D eigenvalue weighted by molar-refractivity contribution is -0.127. The Morgan fingerprint density at radius 1 is 1.15 bits per heavy atom. The number of hydrogen-bond acceptors (Lipinski definition) is 3. The van der Waals surface area contributed by atoms with Crippen molar-refractivity contribution in [2.45, 2.75) is 57.9 Å². The van der Waals surface area contributed by atoms with Crippen molar-refractivity contribution in [3.63, 3.8) is 0 Å². The molecule has 0 aromatic carbocycles. The maximum Gasteiger partial charge on any atom is 0.243 e. The van der Waals surface area contributed by atoms with Crippen molar-refractivity contribution in [1.29, 1.82) is 0 Å². The number of carbonyl (C=O) groups is 1. The van der Waals surface area contributed by atoms with Gasteiger partial charge in [-0.1, -0.05) is 31.4 Å². The molecule has 0 unspecified atom stereocenters. The molecule has 2 N–H and O–H groups in total. The maximum absolute atomic E-state index is 11.9. The van der Waals surface area contributed by atoms with E-state index in [9.17, 15) is 4.79 Å². The predicted molar refractivity (Wildman–Crippen MR) is 113 cm³/mol. The predicted octanol–water partition coefficient (Wildman–Crippen LogP) is 2.23. The van der Waals surface area contributed by atoms with Crippen molar-refractivity contribution in [1.82, 2.24) is 20.4 Å². The molecular formula is C21H39N5O. The fourth-order valence-electron chi connectivity index (χ4n) is 3.88. The normalized spacial score (nSPS) is 20.3. The lowest BCUT2D eigenvalue weighted by atomic mass is 9.89. The summed E-state index contributed by atoms with van der Waals surface area (Å²) >= 11 is 0. The molecule has 2 aliphatic rings. The van der Waals surface area contributed by atoms with Crippen LogP contribution in [0.4, 0.5) is 0 Å². The molecule has 0 aromatic heterocycles. The fourth-order valence-corrected chi connectivity index (χ4v) is 3.88. The van der Waals surface area contributed by atoms with Crippen LogP contribution in [0.2, 0.25) is 0 Å². The van der Waals surface area contributed by atoms with Gasteiger partial charge in [-0.05, 0) is 38.5 Å². The molecule has 1 aliphatic heterocycles. The Morgan fingerprint density at radius 3 is 2.41 bits per heavy atom. The molecule has 0 atom stereocenters. The van der Waals surface area contributed by atoms with E-state index in [1.807, 2.05) is 0 Å². The summed E-state index contributed by atoms with van der Waals surface area (Å²) in [5.74, 6) is 1.56. The number of carbonyl (C=O) groups excluding carboxylic acids is 1. The Labute approximate surface area is 165 Å². The molecule has 6 nitrogen and oxygen atoms in total. The van der Waals surface area contributed by atoms with E-state index in [-0.39, 0.29) is 12.5 Å². The van der Waals surface area contributed by atoms with Crippen molar-refractivity contribution in [2.24, 2.45) is 10.9 Å². The van der Waals surface area contributed by atoms with Crippen LogP contribution in [0.3, 0.4) is 0 Å². The molecule has 2 fully saturated rings. The van der Waals surface area contributed by atoms with E-state index in [1.54, 1.807) is 19.0 Å². The number of amides is 1. The highest BCUT2D eigenvalue weighted by Gasteiger charge is 2.21. The molecule has 154 valence electrons. The van der Waals surface area contributed by atoms with Gasteiger partial charge in [0, 0.05) is 46.3 Å². The Bertz CT molecular complexity index is 503. The van der Waals surface area contributed by atoms with E-state index in [2.05, 4.69) is 34.0 Å². The van der Waals surface area contributed by atoms with Gasteiger partial charge in [-0.2, -0.15) is 0 Å². The van der Waals surface area contributed by atoms with E-state index in [0.717, 1.165) is 50.9 Å². The minimum atomic E-state index is 0.0324. The molecule has 1 saturated heterocycles. The second kappa shape index (κ2) is 11.3. The summed E-state index contributed by atoms with van der Waals surface area (Å²) < 4.78 is 0. The smallest absolute Gasteiger partial charge is 0.243 e. The standard InChI is InChI=1S/C21H39N5O/c1-17(2)16-26-12-10-19(11-13-26)24-21(23-15-20(27)25(3)4)22-14-18-8-6-5-7-9-18/h18-19H,1,5-16H2,2-4H3,(H2,22,23,24). The molecule has 1 amide bonds. The zero-order valence-corrected chi connectivity index (χ0v) is 17.6. The second-order valence-electron chi connectivity index (χ2n) is 8.49. The third-order valence-corrected chi connectivity index (χ3v) is 5.58. The number of likely N-dealkylation sites (tertiary alicyclic amines) is 1. The van der Waals surface area contributed by atoms with Crippen LogP contribution in [0.25, 0.3) is 0 Å². The number of piperidine rings is 1. The molecule has 0 spiro atoms. The van der Waals surface area contributed by atoms with Gasteiger partial charge in [0.05, 0.1) is 0 Å². The van der Waals surface area contributed by atoms with Crippen molar-refractivity contribution in [2.75, 3.05) is 46.8 Å². The summed E-state index contributed by atoms with van der Waals surface area (Å²) in [4.78, 5) is 20.6. The molecule has 27 heavy (non-hydrogen) atoms. The lowest BCUT2D eigenvalue weighted by Crippen LogP contribution is -2.50. The molecular weight excluding hydrogens is 338 g/mol. The van der Waals surface area contributed by atoms with Gasteiger partial charge in [0.25, 0.3) is 0 Å². The molecule has 1 heterocycles. The number of nitrogens with one attached hydrogen (secondary N) is 2. The van der Waals surface area contributed by atoms with Crippen LogP contribution in [0, 0.1) is 5.92 Å². The van der Waals surface area contributed by atoms with Gasteiger partial charge in [-0.3, -0.25) is 9.69 Å². The first kappa shape index (κ1) is 21.7. The molecule has 0 aromatic rings. The van der Waals surface area contributed by atoms with Crippen molar-refractivity contribution in [3.8, 4) is 0 Å². The third kappa shape index (κ3) is 8.33. The van der Waals surface area contributed by atoms with Crippen LogP contribution in [0.15, 0.2) is 17.1 Å². The monoisotopic (exact) mass is 377 g/mol. The Kier molecular flexibility index (Phi) is 9.11. The zero-order chi connectivity index (χ0) is 19.6. The van der Waals surface area contributed by atoms with Gasteiger partial charge in [0.1, 0.15) is 6.54 Å². The minimum Gasteiger partial charge on any atom is -0.356 e. The summed E-state index contributed by atoms with van der Waals surface area (Å²) in [7, 11) is 3.55. The molecule has 0 bridgehead atoms. The molecule has 0 radical (unpaired) electrons. The number of rotatable bonds is 7. The highest BCUT2D eigenvalue weighted by molar-refractivity contribution is 5.84.